The summed E-state index contributed by atoms with van der Waals surface area (Å²) in [7, 11) is 0. The molecule has 1 heterocycles. The molecule has 182 valence electrons. The molecule has 2 aromatic rings. The van der Waals surface area contributed by atoms with E-state index in [1.54, 1.807) is 23.1 Å². The van der Waals surface area contributed by atoms with Crippen molar-refractivity contribution in [1.29, 1.82) is 0 Å². The number of aliphatic hydroxyl groups excluding tert-OH is 1. The van der Waals surface area contributed by atoms with Gasteiger partial charge >= 0.3 is 0 Å². The van der Waals surface area contributed by atoms with Crippen molar-refractivity contribution in [1.82, 2.24) is 4.90 Å². The van der Waals surface area contributed by atoms with E-state index >= 15 is 0 Å². The van der Waals surface area contributed by atoms with E-state index < -0.39 is 17.7 Å². The molecule has 1 unspecified atom stereocenters. The van der Waals surface area contributed by atoms with Gasteiger partial charge in [-0.3, -0.25) is 9.59 Å². The van der Waals surface area contributed by atoms with E-state index in [0.29, 0.717) is 30.9 Å². The lowest BCUT2D eigenvalue weighted by atomic mass is 9.94. The van der Waals surface area contributed by atoms with Gasteiger partial charge < -0.3 is 19.5 Å². The largest absolute Gasteiger partial charge is 0.507 e. The number of nitrogens with zero attached hydrogens (tertiary/aromatic N) is 1. The summed E-state index contributed by atoms with van der Waals surface area (Å²) in [6.07, 6.45) is 0.701. The third kappa shape index (κ3) is 5.68. The number of hydrogen-bond acceptors (Lipinski definition) is 5. The summed E-state index contributed by atoms with van der Waals surface area (Å²) in [5.41, 5.74) is 3.23. The highest BCUT2D eigenvalue weighted by Gasteiger charge is 2.45. The van der Waals surface area contributed by atoms with E-state index in [2.05, 4.69) is 0 Å². The molecule has 0 bridgehead atoms. The predicted molar refractivity (Wildman–Crippen MR) is 133 cm³/mol. The highest BCUT2D eigenvalue weighted by molar-refractivity contribution is 6.46. The normalized spacial score (nSPS) is 17.8. The molecule has 1 aliphatic heterocycles. The molecule has 34 heavy (non-hydrogen) atoms. The highest BCUT2D eigenvalue weighted by atomic mass is 16.5. The number of carbonyl (C=O) groups is 2. The van der Waals surface area contributed by atoms with Crippen molar-refractivity contribution >= 4 is 17.4 Å². The van der Waals surface area contributed by atoms with Gasteiger partial charge in [0, 0.05) is 18.7 Å². The summed E-state index contributed by atoms with van der Waals surface area (Å²) in [4.78, 5) is 27.8. The van der Waals surface area contributed by atoms with Crippen molar-refractivity contribution in [2.75, 3.05) is 13.2 Å². The van der Waals surface area contributed by atoms with Gasteiger partial charge in [-0.1, -0.05) is 29.8 Å². The first-order chi connectivity index (χ1) is 16.1. The third-order valence-electron chi connectivity index (χ3n) is 5.70. The van der Waals surface area contributed by atoms with Crippen molar-refractivity contribution in [3.8, 4) is 5.75 Å². The second-order valence-corrected chi connectivity index (χ2v) is 9.33. The van der Waals surface area contributed by atoms with Crippen LogP contribution in [0.2, 0.25) is 0 Å². The molecule has 0 aromatic heterocycles. The molecule has 6 nitrogen and oxygen atoms in total. The van der Waals surface area contributed by atoms with E-state index in [1.165, 1.54) is 0 Å². The van der Waals surface area contributed by atoms with Gasteiger partial charge in [-0.05, 0) is 77.3 Å². The molecule has 0 aliphatic carbocycles. The molecule has 1 amide bonds. The lowest BCUT2D eigenvalue weighted by Gasteiger charge is -2.26. The van der Waals surface area contributed by atoms with Gasteiger partial charge in [-0.25, -0.2) is 0 Å². The number of amides is 1. The molecule has 0 saturated carbocycles. The van der Waals surface area contributed by atoms with Gasteiger partial charge in [0.25, 0.3) is 11.7 Å². The molecule has 1 fully saturated rings. The van der Waals surface area contributed by atoms with Crippen LogP contribution in [0.15, 0.2) is 48.0 Å². The molecule has 0 spiro atoms. The number of hydrogen-bond donors (Lipinski definition) is 1. The molecular weight excluding hydrogens is 430 g/mol. The molecule has 6 heteroatoms. The molecule has 2 aromatic carbocycles. The summed E-state index contributed by atoms with van der Waals surface area (Å²) in [5, 5.41) is 11.3. The molecule has 1 N–H and O–H groups in total. The fourth-order valence-corrected chi connectivity index (χ4v) is 4.19. The van der Waals surface area contributed by atoms with Crippen molar-refractivity contribution in [2.45, 2.75) is 66.2 Å². The highest BCUT2D eigenvalue weighted by Crippen LogP contribution is 2.40. The first-order valence-electron chi connectivity index (χ1n) is 11.8. The van der Waals surface area contributed by atoms with E-state index in [4.69, 9.17) is 9.47 Å². The van der Waals surface area contributed by atoms with Crippen LogP contribution in [0.3, 0.4) is 0 Å². The van der Waals surface area contributed by atoms with Crippen molar-refractivity contribution in [3.63, 3.8) is 0 Å². The van der Waals surface area contributed by atoms with Gasteiger partial charge in [0.1, 0.15) is 11.5 Å². The van der Waals surface area contributed by atoms with Crippen LogP contribution in [-0.4, -0.2) is 47.1 Å². The van der Waals surface area contributed by atoms with Crippen LogP contribution >= 0.6 is 0 Å². The number of aliphatic hydroxyl groups is 1. The smallest absolute Gasteiger partial charge is 0.295 e. The molecule has 3 rings (SSSR count). The van der Waals surface area contributed by atoms with E-state index in [9.17, 15) is 14.7 Å². The average molecular weight is 466 g/mol. The summed E-state index contributed by atoms with van der Waals surface area (Å²) >= 11 is 0. The zero-order chi connectivity index (χ0) is 25.0. The summed E-state index contributed by atoms with van der Waals surface area (Å²) in [6.45, 7) is 12.5. The molecule has 0 radical (unpaired) electrons. The SMILES string of the molecule is Cc1cccc(C2/C(=C(/O)c3ccc(OC(C)C)c(C)c3)C(=O)C(=O)N2CCCOC(C)C)c1. The Labute approximate surface area is 202 Å². The van der Waals surface area contributed by atoms with Crippen LogP contribution < -0.4 is 4.74 Å². The van der Waals surface area contributed by atoms with Crippen molar-refractivity contribution in [3.05, 3.63) is 70.3 Å². The minimum absolute atomic E-state index is 0.0180. The minimum atomic E-state index is -0.672. The maximum absolute atomic E-state index is 13.2. The Morgan fingerprint density at radius 3 is 2.38 bits per heavy atom. The van der Waals surface area contributed by atoms with Crippen LogP contribution in [-0.2, 0) is 14.3 Å². The quantitative estimate of drug-likeness (QED) is 0.235. The van der Waals surface area contributed by atoms with Gasteiger partial charge in [0.15, 0.2) is 0 Å². The fraction of sp³-hybridized carbons (Fsp3) is 0.429. The standard InChI is InChI=1S/C28H35NO5/c1-17(2)33-14-8-13-29-25(21-10-7-9-19(5)15-21)24(27(31)28(29)32)26(30)22-11-12-23(20(6)16-22)34-18(3)4/h7,9-12,15-18,25,30H,8,13-14H2,1-6H3/b26-24-. The fourth-order valence-electron chi connectivity index (χ4n) is 4.19. The number of benzene rings is 2. The van der Waals surface area contributed by atoms with E-state index in [1.807, 2.05) is 65.8 Å². The molecular formula is C28H35NO5. The average Bonchev–Trinajstić information content (AvgIpc) is 3.02. The van der Waals surface area contributed by atoms with E-state index in [-0.39, 0.29) is 23.5 Å². The van der Waals surface area contributed by atoms with Crippen LogP contribution in [0.4, 0.5) is 0 Å². The number of likely N-dealkylation sites (tertiary alicyclic amines) is 1. The zero-order valence-electron chi connectivity index (χ0n) is 20.9. The van der Waals surface area contributed by atoms with Crippen molar-refractivity contribution < 1.29 is 24.2 Å². The Morgan fingerprint density at radius 2 is 1.76 bits per heavy atom. The molecule has 1 aliphatic rings. The first kappa shape index (κ1) is 25.5. The van der Waals surface area contributed by atoms with Crippen LogP contribution in [0, 0.1) is 13.8 Å². The Morgan fingerprint density at radius 1 is 1.03 bits per heavy atom. The number of carbonyl (C=O) groups excluding carboxylic acids is 2. The number of aryl methyl sites for hydroxylation is 2. The Bertz CT molecular complexity index is 1090. The number of ketones is 1. The number of rotatable bonds is 9. The molecule has 1 atom stereocenters. The number of ether oxygens (including phenoxy) is 2. The lowest BCUT2D eigenvalue weighted by Crippen LogP contribution is -2.31. The third-order valence-corrected chi connectivity index (χ3v) is 5.70. The minimum Gasteiger partial charge on any atom is -0.507 e. The maximum Gasteiger partial charge on any atom is 0.295 e. The topological polar surface area (TPSA) is 76.1 Å². The van der Waals surface area contributed by atoms with Crippen molar-refractivity contribution in [2.24, 2.45) is 0 Å². The van der Waals surface area contributed by atoms with Gasteiger partial charge in [0.05, 0.1) is 23.8 Å². The zero-order valence-corrected chi connectivity index (χ0v) is 20.9. The summed E-state index contributed by atoms with van der Waals surface area (Å²) in [6, 6.07) is 12.3. The van der Waals surface area contributed by atoms with Gasteiger partial charge in [-0.15, -0.1) is 0 Å². The van der Waals surface area contributed by atoms with Crippen LogP contribution in [0.1, 0.15) is 62.4 Å². The first-order valence-corrected chi connectivity index (χ1v) is 11.8. The number of Topliss-reactive ketones (excluding diaryl/α,β-unsaturated/α-hetero) is 1. The summed E-state index contributed by atoms with van der Waals surface area (Å²) < 4.78 is 11.4. The monoisotopic (exact) mass is 465 g/mol. The predicted octanol–water partition coefficient (Wildman–Crippen LogP) is 5.33. The van der Waals surface area contributed by atoms with Gasteiger partial charge in [-0.2, -0.15) is 0 Å². The van der Waals surface area contributed by atoms with Crippen LogP contribution in [0.5, 0.6) is 5.75 Å². The molecule has 1 saturated heterocycles. The second-order valence-electron chi connectivity index (χ2n) is 9.33. The second kappa shape index (κ2) is 10.9. The Kier molecular flexibility index (Phi) is 8.15. The van der Waals surface area contributed by atoms with Gasteiger partial charge in [0.2, 0.25) is 0 Å². The summed E-state index contributed by atoms with van der Waals surface area (Å²) in [5.74, 6) is -0.736. The Balaban J connectivity index is 2.04. The van der Waals surface area contributed by atoms with E-state index in [0.717, 1.165) is 16.7 Å². The Hall–Kier alpha value is -3.12. The maximum atomic E-state index is 13.2. The van der Waals surface area contributed by atoms with Crippen LogP contribution in [0.25, 0.3) is 5.76 Å². The lowest BCUT2D eigenvalue weighted by molar-refractivity contribution is -0.140.